The van der Waals surface area contributed by atoms with Gasteiger partial charge in [-0.05, 0) is 31.5 Å². The zero-order valence-electron chi connectivity index (χ0n) is 13.9. The smallest absolute Gasteiger partial charge is 0.0647 e. The molecule has 4 heteroatoms. The van der Waals surface area contributed by atoms with Crippen LogP contribution in [0.15, 0.2) is 53.9 Å². The van der Waals surface area contributed by atoms with Crippen LogP contribution in [0.3, 0.4) is 0 Å². The van der Waals surface area contributed by atoms with Gasteiger partial charge < -0.3 is 0 Å². The molecule has 0 atom stereocenters. The standard InChI is InChI=1S/C19H24N4/c1-16-3-5-18(6-4-16)15-22-11-13-23(14-12-22)21-17(2)19-7-9-20-10-8-19/h3-10H,11-15H2,1-2H3. The molecule has 0 bridgehead atoms. The van der Waals surface area contributed by atoms with Crippen molar-refractivity contribution in [3.63, 3.8) is 0 Å². The third kappa shape index (κ3) is 4.39. The van der Waals surface area contributed by atoms with E-state index in [1.807, 2.05) is 24.5 Å². The number of pyridine rings is 1. The summed E-state index contributed by atoms with van der Waals surface area (Å²) < 4.78 is 0. The topological polar surface area (TPSA) is 31.7 Å². The zero-order chi connectivity index (χ0) is 16.1. The van der Waals surface area contributed by atoms with Crippen molar-refractivity contribution < 1.29 is 0 Å². The molecule has 0 aliphatic carbocycles. The van der Waals surface area contributed by atoms with Crippen LogP contribution in [0.2, 0.25) is 0 Å². The summed E-state index contributed by atoms with van der Waals surface area (Å²) in [6.45, 7) is 9.30. The molecule has 0 radical (unpaired) electrons. The Balaban J connectivity index is 1.53. The minimum Gasteiger partial charge on any atom is -0.295 e. The highest BCUT2D eigenvalue weighted by atomic mass is 15.5. The van der Waals surface area contributed by atoms with Crippen molar-refractivity contribution in [1.82, 2.24) is 14.9 Å². The first kappa shape index (κ1) is 15.7. The summed E-state index contributed by atoms with van der Waals surface area (Å²) >= 11 is 0. The van der Waals surface area contributed by atoms with E-state index in [9.17, 15) is 0 Å². The molecule has 1 aromatic carbocycles. The van der Waals surface area contributed by atoms with E-state index in [1.165, 1.54) is 11.1 Å². The largest absolute Gasteiger partial charge is 0.295 e. The molecule has 2 aromatic rings. The fourth-order valence-electron chi connectivity index (χ4n) is 2.81. The van der Waals surface area contributed by atoms with Crippen molar-refractivity contribution in [3.05, 3.63) is 65.5 Å². The number of hydrogen-bond acceptors (Lipinski definition) is 4. The van der Waals surface area contributed by atoms with Crippen LogP contribution in [-0.4, -0.2) is 46.8 Å². The van der Waals surface area contributed by atoms with Gasteiger partial charge in [0, 0.05) is 50.7 Å². The zero-order valence-corrected chi connectivity index (χ0v) is 13.9. The summed E-state index contributed by atoms with van der Waals surface area (Å²) in [7, 11) is 0. The first-order valence-corrected chi connectivity index (χ1v) is 8.19. The minimum absolute atomic E-state index is 0.980. The summed E-state index contributed by atoms with van der Waals surface area (Å²) in [6, 6.07) is 12.8. The molecule has 0 spiro atoms. The van der Waals surface area contributed by atoms with Crippen molar-refractivity contribution in [1.29, 1.82) is 0 Å². The second-order valence-electron chi connectivity index (χ2n) is 6.14. The highest BCUT2D eigenvalue weighted by Crippen LogP contribution is 2.11. The van der Waals surface area contributed by atoms with E-state index in [4.69, 9.17) is 5.10 Å². The Labute approximate surface area is 138 Å². The quantitative estimate of drug-likeness (QED) is 0.814. The fraction of sp³-hybridized carbons (Fsp3) is 0.368. The molecule has 0 amide bonds. The van der Waals surface area contributed by atoms with E-state index in [0.29, 0.717) is 0 Å². The van der Waals surface area contributed by atoms with Gasteiger partial charge in [0.05, 0.1) is 5.71 Å². The fourth-order valence-corrected chi connectivity index (χ4v) is 2.81. The molecule has 23 heavy (non-hydrogen) atoms. The average molecular weight is 308 g/mol. The van der Waals surface area contributed by atoms with Crippen LogP contribution in [0.4, 0.5) is 0 Å². The van der Waals surface area contributed by atoms with E-state index >= 15 is 0 Å². The lowest BCUT2D eigenvalue weighted by atomic mass is 10.1. The molecule has 1 saturated heterocycles. The van der Waals surface area contributed by atoms with Gasteiger partial charge >= 0.3 is 0 Å². The Hall–Kier alpha value is -2.20. The normalized spacial score (nSPS) is 16.6. The van der Waals surface area contributed by atoms with Crippen molar-refractivity contribution >= 4 is 5.71 Å². The Kier molecular flexibility index (Phi) is 5.03. The molecule has 0 unspecified atom stereocenters. The van der Waals surface area contributed by atoms with Gasteiger partial charge in [0.15, 0.2) is 0 Å². The van der Waals surface area contributed by atoms with Gasteiger partial charge in [-0.3, -0.25) is 14.9 Å². The third-order valence-electron chi connectivity index (χ3n) is 4.26. The summed E-state index contributed by atoms with van der Waals surface area (Å²) in [6.07, 6.45) is 3.63. The number of aromatic nitrogens is 1. The first-order valence-electron chi connectivity index (χ1n) is 8.19. The lowest BCUT2D eigenvalue weighted by Gasteiger charge is -2.33. The molecule has 2 heterocycles. The van der Waals surface area contributed by atoms with Gasteiger partial charge in [-0.2, -0.15) is 5.10 Å². The van der Waals surface area contributed by atoms with Crippen molar-refractivity contribution in [2.45, 2.75) is 20.4 Å². The summed E-state index contributed by atoms with van der Waals surface area (Å²) in [5.41, 5.74) is 4.90. The van der Waals surface area contributed by atoms with Gasteiger partial charge in [0.2, 0.25) is 0 Å². The molecule has 1 aliphatic heterocycles. The molecule has 3 rings (SSSR count). The van der Waals surface area contributed by atoms with Gasteiger partial charge in [-0.15, -0.1) is 0 Å². The van der Waals surface area contributed by atoms with E-state index in [2.05, 4.69) is 53.0 Å². The predicted molar refractivity (Wildman–Crippen MR) is 94.5 cm³/mol. The van der Waals surface area contributed by atoms with Crippen LogP contribution in [0, 0.1) is 6.92 Å². The maximum atomic E-state index is 4.75. The van der Waals surface area contributed by atoms with Crippen LogP contribution in [0.1, 0.15) is 23.6 Å². The molecular formula is C19H24N4. The number of aryl methyl sites for hydroxylation is 1. The molecule has 1 aliphatic rings. The maximum Gasteiger partial charge on any atom is 0.0647 e. The molecule has 1 fully saturated rings. The first-order chi connectivity index (χ1) is 11.2. The van der Waals surface area contributed by atoms with Gasteiger partial charge in [-0.25, -0.2) is 0 Å². The Morgan fingerprint density at radius 2 is 1.65 bits per heavy atom. The van der Waals surface area contributed by atoms with Crippen LogP contribution >= 0.6 is 0 Å². The third-order valence-corrected chi connectivity index (χ3v) is 4.26. The molecule has 0 N–H and O–H groups in total. The second-order valence-corrected chi connectivity index (χ2v) is 6.14. The molecule has 4 nitrogen and oxygen atoms in total. The number of benzene rings is 1. The SMILES string of the molecule is CC(=NN1CCN(Cc2ccc(C)cc2)CC1)c1ccncc1. The Morgan fingerprint density at radius 3 is 2.30 bits per heavy atom. The predicted octanol–water partition coefficient (Wildman–Crippen LogP) is 2.93. The molecule has 0 saturated carbocycles. The Morgan fingerprint density at radius 1 is 1.00 bits per heavy atom. The van der Waals surface area contributed by atoms with E-state index in [1.54, 1.807) is 0 Å². The van der Waals surface area contributed by atoms with Crippen LogP contribution in [0.5, 0.6) is 0 Å². The van der Waals surface area contributed by atoms with E-state index < -0.39 is 0 Å². The summed E-state index contributed by atoms with van der Waals surface area (Å²) in [5.74, 6) is 0. The van der Waals surface area contributed by atoms with E-state index in [-0.39, 0.29) is 0 Å². The Bertz CT molecular complexity index is 641. The lowest BCUT2D eigenvalue weighted by Crippen LogP contribution is -2.43. The molecule has 1 aromatic heterocycles. The van der Waals surface area contributed by atoms with Gasteiger partial charge in [-0.1, -0.05) is 29.8 Å². The van der Waals surface area contributed by atoms with Crippen molar-refractivity contribution in [3.8, 4) is 0 Å². The number of piperazine rings is 1. The summed E-state index contributed by atoms with van der Waals surface area (Å²) in [4.78, 5) is 6.55. The van der Waals surface area contributed by atoms with Crippen LogP contribution in [0.25, 0.3) is 0 Å². The molecular weight excluding hydrogens is 284 g/mol. The lowest BCUT2D eigenvalue weighted by molar-refractivity contribution is 0.130. The molecule has 120 valence electrons. The number of hydrazone groups is 1. The average Bonchev–Trinajstić information content (AvgIpc) is 2.59. The minimum atomic E-state index is 0.980. The van der Waals surface area contributed by atoms with Crippen molar-refractivity contribution in [2.75, 3.05) is 26.2 Å². The number of hydrogen-bond donors (Lipinski definition) is 0. The maximum absolute atomic E-state index is 4.75. The second kappa shape index (κ2) is 7.38. The van der Waals surface area contributed by atoms with Crippen LogP contribution < -0.4 is 0 Å². The summed E-state index contributed by atoms with van der Waals surface area (Å²) in [5, 5.41) is 6.94. The monoisotopic (exact) mass is 308 g/mol. The van der Waals surface area contributed by atoms with Gasteiger partial charge in [0.1, 0.15) is 0 Å². The highest BCUT2D eigenvalue weighted by molar-refractivity contribution is 5.98. The number of rotatable bonds is 4. The van der Waals surface area contributed by atoms with E-state index in [0.717, 1.165) is 44.0 Å². The van der Waals surface area contributed by atoms with Crippen LogP contribution in [-0.2, 0) is 6.54 Å². The van der Waals surface area contributed by atoms with Gasteiger partial charge in [0.25, 0.3) is 0 Å². The highest BCUT2D eigenvalue weighted by Gasteiger charge is 2.16. The number of nitrogens with zero attached hydrogens (tertiary/aromatic N) is 4. The van der Waals surface area contributed by atoms with Crippen molar-refractivity contribution in [2.24, 2.45) is 5.10 Å².